The molecule has 0 fully saturated rings. The fourth-order valence-electron chi connectivity index (χ4n) is 3.37. The molecule has 2 aromatic carbocycles. The van der Waals surface area contributed by atoms with E-state index < -0.39 is 0 Å². The van der Waals surface area contributed by atoms with Gasteiger partial charge in [-0.15, -0.1) is 0 Å². The van der Waals surface area contributed by atoms with Crippen LogP contribution in [0.25, 0.3) is 11.1 Å². The van der Waals surface area contributed by atoms with E-state index in [1.807, 2.05) is 6.08 Å². The Morgan fingerprint density at radius 3 is 2.05 bits per heavy atom. The van der Waals surface area contributed by atoms with Crippen LogP contribution in [0.5, 0.6) is 0 Å². The van der Waals surface area contributed by atoms with Gasteiger partial charge in [-0.05, 0) is 39.5 Å². The van der Waals surface area contributed by atoms with E-state index >= 15 is 0 Å². The van der Waals surface area contributed by atoms with Crippen molar-refractivity contribution in [3.8, 4) is 11.1 Å². The topological polar surface area (TPSA) is 23.9 Å². The lowest BCUT2D eigenvalue weighted by Gasteiger charge is -2.21. The number of benzene rings is 2. The summed E-state index contributed by atoms with van der Waals surface area (Å²) in [7, 11) is 0. The monoisotopic (exact) mass is 269 g/mol. The molecule has 1 heteroatoms. The Labute approximate surface area is 124 Å². The summed E-state index contributed by atoms with van der Waals surface area (Å²) in [4.78, 5) is 0. The van der Waals surface area contributed by atoms with Gasteiger partial charge in [-0.1, -0.05) is 67.3 Å². The maximum atomic E-state index is 8.03. The van der Waals surface area contributed by atoms with Gasteiger partial charge in [-0.25, -0.2) is 0 Å². The Morgan fingerprint density at radius 1 is 0.857 bits per heavy atom. The molecule has 1 N–H and O–H groups in total. The second-order valence-electron chi connectivity index (χ2n) is 5.48. The SMILES string of the molecule is C=C1C(=N)C=CC=C1C1c2ccccc2-c2ccccc21. The van der Waals surface area contributed by atoms with Crippen molar-refractivity contribution in [2.45, 2.75) is 5.92 Å². The highest BCUT2D eigenvalue weighted by Crippen LogP contribution is 2.49. The highest BCUT2D eigenvalue weighted by molar-refractivity contribution is 6.11. The van der Waals surface area contributed by atoms with Gasteiger partial charge in [0, 0.05) is 5.92 Å². The van der Waals surface area contributed by atoms with Crippen molar-refractivity contribution in [1.82, 2.24) is 0 Å². The molecule has 0 radical (unpaired) electrons. The standard InChI is InChI=1S/C20H15N/c1-13-14(11-6-12-19(13)21)20-17-9-4-2-7-15(17)16-8-3-5-10-18(16)20/h2-12,20-21H,1H2. The van der Waals surface area contributed by atoms with Crippen LogP contribution in [-0.4, -0.2) is 5.71 Å². The third-order valence-electron chi connectivity index (χ3n) is 4.36. The minimum absolute atomic E-state index is 0.190. The molecule has 0 aliphatic heterocycles. The molecule has 0 atom stereocenters. The summed E-state index contributed by atoms with van der Waals surface area (Å²) in [5, 5.41) is 8.03. The van der Waals surface area contributed by atoms with Gasteiger partial charge in [0.1, 0.15) is 0 Å². The first-order valence-corrected chi connectivity index (χ1v) is 7.12. The second kappa shape index (κ2) is 4.42. The van der Waals surface area contributed by atoms with E-state index in [1.165, 1.54) is 22.3 Å². The van der Waals surface area contributed by atoms with E-state index in [1.54, 1.807) is 6.08 Å². The third-order valence-corrected chi connectivity index (χ3v) is 4.36. The van der Waals surface area contributed by atoms with Gasteiger partial charge in [0.15, 0.2) is 0 Å². The zero-order chi connectivity index (χ0) is 14.4. The van der Waals surface area contributed by atoms with E-state index in [-0.39, 0.29) is 5.92 Å². The van der Waals surface area contributed by atoms with Crippen molar-refractivity contribution in [3.63, 3.8) is 0 Å². The van der Waals surface area contributed by atoms with Crippen LogP contribution < -0.4 is 0 Å². The van der Waals surface area contributed by atoms with Crippen LogP contribution in [0.2, 0.25) is 0 Å². The molecular weight excluding hydrogens is 254 g/mol. The number of nitrogens with one attached hydrogen (secondary N) is 1. The Hall–Kier alpha value is -2.67. The zero-order valence-corrected chi connectivity index (χ0v) is 11.6. The van der Waals surface area contributed by atoms with Gasteiger partial charge in [-0.3, -0.25) is 0 Å². The van der Waals surface area contributed by atoms with Crippen molar-refractivity contribution in [2.75, 3.05) is 0 Å². The number of fused-ring (bicyclic) bond motifs is 3. The van der Waals surface area contributed by atoms with Crippen LogP contribution in [0, 0.1) is 5.41 Å². The molecule has 21 heavy (non-hydrogen) atoms. The predicted molar refractivity (Wildman–Crippen MR) is 87.8 cm³/mol. The molecular formula is C20H15N. The summed E-state index contributed by atoms with van der Waals surface area (Å²) in [5.41, 5.74) is 7.70. The second-order valence-corrected chi connectivity index (χ2v) is 5.48. The lowest BCUT2D eigenvalue weighted by atomic mass is 9.82. The van der Waals surface area contributed by atoms with Crippen LogP contribution >= 0.6 is 0 Å². The lowest BCUT2D eigenvalue weighted by molar-refractivity contribution is 1.00. The van der Waals surface area contributed by atoms with Gasteiger partial charge in [0.2, 0.25) is 0 Å². The molecule has 0 saturated carbocycles. The van der Waals surface area contributed by atoms with Crippen molar-refractivity contribution in [2.24, 2.45) is 0 Å². The first-order chi connectivity index (χ1) is 10.3. The first kappa shape index (κ1) is 12.1. The Bertz CT molecular complexity index is 791. The van der Waals surface area contributed by atoms with Crippen molar-refractivity contribution in [1.29, 1.82) is 5.41 Å². The fraction of sp³-hybridized carbons (Fsp3) is 0.0500. The number of hydrogen-bond donors (Lipinski definition) is 1. The zero-order valence-electron chi connectivity index (χ0n) is 11.6. The fourth-order valence-corrected chi connectivity index (χ4v) is 3.37. The number of allylic oxidation sites excluding steroid dienone is 5. The minimum Gasteiger partial charge on any atom is -0.300 e. The predicted octanol–water partition coefficient (Wildman–Crippen LogP) is 4.87. The first-order valence-electron chi connectivity index (χ1n) is 7.12. The summed E-state index contributed by atoms with van der Waals surface area (Å²) >= 11 is 0. The van der Waals surface area contributed by atoms with E-state index in [0.717, 1.165) is 11.1 Å². The van der Waals surface area contributed by atoms with Crippen molar-refractivity contribution in [3.05, 3.63) is 95.6 Å². The highest BCUT2D eigenvalue weighted by Gasteiger charge is 2.32. The molecule has 0 heterocycles. The lowest BCUT2D eigenvalue weighted by Crippen LogP contribution is -2.10. The van der Waals surface area contributed by atoms with Crippen LogP contribution in [0.1, 0.15) is 17.0 Å². The molecule has 2 aromatic rings. The maximum Gasteiger partial charge on any atom is 0.0609 e. The quantitative estimate of drug-likeness (QED) is 0.763. The molecule has 100 valence electrons. The van der Waals surface area contributed by atoms with E-state index in [2.05, 4.69) is 61.2 Å². The molecule has 0 aromatic heterocycles. The van der Waals surface area contributed by atoms with Gasteiger partial charge < -0.3 is 5.41 Å². The van der Waals surface area contributed by atoms with Crippen LogP contribution in [0.15, 0.2) is 84.5 Å². The average Bonchev–Trinajstić information content (AvgIpc) is 2.85. The van der Waals surface area contributed by atoms with Gasteiger partial charge in [0.05, 0.1) is 5.71 Å². The summed E-state index contributed by atoms with van der Waals surface area (Å²) in [6.07, 6.45) is 5.86. The Morgan fingerprint density at radius 2 is 1.43 bits per heavy atom. The largest absolute Gasteiger partial charge is 0.300 e. The Balaban J connectivity index is 1.98. The highest BCUT2D eigenvalue weighted by atomic mass is 14.4. The van der Waals surface area contributed by atoms with Crippen LogP contribution in [-0.2, 0) is 0 Å². The molecule has 0 bridgehead atoms. The number of hydrogen-bond acceptors (Lipinski definition) is 1. The molecule has 2 aliphatic rings. The molecule has 1 nitrogen and oxygen atoms in total. The van der Waals surface area contributed by atoms with E-state index in [4.69, 9.17) is 5.41 Å². The van der Waals surface area contributed by atoms with Crippen molar-refractivity contribution >= 4 is 5.71 Å². The third kappa shape index (κ3) is 1.67. The number of rotatable bonds is 1. The molecule has 0 unspecified atom stereocenters. The molecule has 0 amide bonds. The van der Waals surface area contributed by atoms with Crippen molar-refractivity contribution < 1.29 is 0 Å². The van der Waals surface area contributed by atoms with E-state index in [0.29, 0.717) is 5.71 Å². The van der Waals surface area contributed by atoms with Crippen LogP contribution in [0.3, 0.4) is 0 Å². The molecule has 4 rings (SSSR count). The summed E-state index contributed by atoms with van der Waals surface area (Å²) in [5.74, 6) is 0.190. The normalized spacial score (nSPS) is 16.7. The van der Waals surface area contributed by atoms with Crippen LogP contribution in [0.4, 0.5) is 0 Å². The molecule has 0 spiro atoms. The molecule has 2 aliphatic carbocycles. The van der Waals surface area contributed by atoms with Gasteiger partial charge in [-0.2, -0.15) is 0 Å². The minimum atomic E-state index is 0.190. The maximum absolute atomic E-state index is 8.03. The molecule has 0 saturated heterocycles. The Kier molecular flexibility index (Phi) is 2.55. The average molecular weight is 269 g/mol. The van der Waals surface area contributed by atoms with Gasteiger partial charge in [0.25, 0.3) is 0 Å². The summed E-state index contributed by atoms with van der Waals surface area (Å²) in [6.45, 7) is 4.12. The van der Waals surface area contributed by atoms with Gasteiger partial charge >= 0.3 is 0 Å². The summed E-state index contributed by atoms with van der Waals surface area (Å²) in [6, 6.07) is 17.1. The smallest absolute Gasteiger partial charge is 0.0609 e. The van der Waals surface area contributed by atoms with E-state index in [9.17, 15) is 0 Å². The summed E-state index contributed by atoms with van der Waals surface area (Å²) < 4.78 is 0.